The van der Waals surface area contributed by atoms with Gasteiger partial charge in [0.2, 0.25) is 0 Å². The molecule has 0 saturated carbocycles. The summed E-state index contributed by atoms with van der Waals surface area (Å²) in [4.78, 5) is 20.3. The van der Waals surface area contributed by atoms with Crippen molar-refractivity contribution in [1.82, 2.24) is 19.7 Å². The van der Waals surface area contributed by atoms with Gasteiger partial charge in [-0.1, -0.05) is 0 Å². The lowest BCUT2D eigenvalue weighted by Gasteiger charge is -2.15. The highest BCUT2D eigenvalue weighted by Crippen LogP contribution is 2.32. The van der Waals surface area contributed by atoms with Gasteiger partial charge in [0.1, 0.15) is 6.33 Å². The van der Waals surface area contributed by atoms with Gasteiger partial charge in [0.05, 0.1) is 18.0 Å². The molecule has 0 saturated heterocycles. The zero-order valence-corrected chi connectivity index (χ0v) is 12.1. The standard InChI is InChI=1S/C13H14N4O2.ClH/c1-3-19-13(18)11-9-5-4-8-6-14-7-15-10(8)12(9)17(2)16-11;/h6-7H,3-5H2,1-2H3;1H. The van der Waals surface area contributed by atoms with Crippen LogP contribution in [0.3, 0.4) is 0 Å². The summed E-state index contributed by atoms with van der Waals surface area (Å²) in [5, 5.41) is 4.29. The quantitative estimate of drug-likeness (QED) is 0.786. The molecule has 0 aliphatic heterocycles. The number of esters is 1. The van der Waals surface area contributed by atoms with Crippen molar-refractivity contribution in [1.29, 1.82) is 0 Å². The molecular weight excluding hydrogens is 280 g/mol. The average molecular weight is 295 g/mol. The lowest BCUT2D eigenvalue weighted by molar-refractivity contribution is 0.0517. The SMILES string of the molecule is CCOC(=O)c1nn(C)c2c1CCc1cncnc1-2.Cl. The maximum absolute atomic E-state index is 11.9. The summed E-state index contributed by atoms with van der Waals surface area (Å²) in [5.74, 6) is -0.364. The van der Waals surface area contributed by atoms with E-state index in [0.29, 0.717) is 12.3 Å². The summed E-state index contributed by atoms with van der Waals surface area (Å²) < 4.78 is 6.75. The topological polar surface area (TPSA) is 69.9 Å². The Labute approximate surface area is 122 Å². The maximum Gasteiger partial charge on any atom is 0.359 e. The predicted molar refractivity (Wildman–Crippen MR) is 74.8 cm³/mol. The number of rotatable bonds is 2. The number of hydrogen-bond acceptors (Lipinski definition) is 5. The van der Waals surface area contributed by atoms with Crippen LogP contribution < -0.4 is 0 Å². The molecule has 0 bridgehead atoms. The molecule has 0 unspecified atom stereocenters. The molecule has 106 valence electrons. The van der Waals surface area contributed by atoms with Crippen molar-refractivity contribution in [2.24, 2.45) is 7.05 Å². The number of ether oxygens (including phenoxy) is 1. The molecule has 7 heteroatoms. The van der Waals surface area contributed by atoms with Gasteiger partial charge in [-0.15, -0.1) is 12.4 Å². The number of halogens is 1. The van der Waals surface area contributed by atoms with Crippen LogP contribution in [0.1, 0.15) is 28.5 Å². The minimum Gasteiger partial charge on any atom is -0.461 e. The van der Waals surface area contributed by atoms with Gasteiger partial charge in [0.25, 0.3) is 0 Å². The van der Waals surface area contributed by atoms with Crippen LogP contribution in [-0.2, 0) is 24.6 Å². The van der Waals surface area contributed by atoms with Crippen molar-refractivity contribution in [3.05, 3.63) is 29.3 Å². The van der Waals surface area contributed by atoms with Crippen molar-refractivity contribution < 1.29 is 9.53 Å². The fourth-order valence-electron chi connectivity index (χ4n) is 2.48. The lowest BCUT2D eigenvalue weighted by atomic mass is 9.93. The first-order valence-electron chi connectivity index (χ1n) is 6.24. The van der Waals surface area contributed by atoms with Gasteiger partial charge < -0.3 is 4.74 Å². The largest absolute Gasteiger partial charge is 0.461 e. The number of fused-ring (bicyclic) bond motifs is 3. The van der Waals surface area contributed by atoms with E-state index in [1.54, 1.807) is 11.6 Å². The van der Waals surface area contributed by atoms with Gasteiger partial charge in [-0.3, -0.25) is 4.68 Å². The number of carbonyl (C=O) groups is 1. The highest BCUT2D eigenvalue weighted by molar-refractivity contribution is 5.91. The second-order valence-electron chi connectivity index (χ2n) is 4.42. The number of aryl methyl sites for hydroxylation is 2. The summed E-state index contributed by atoms with van der Waals surface area (Å²) in [7, 11) is 1.82. The van der Waals surface area contributed by atoms with Crippen LogP contribution in [0.25, 0.3) is 11.4 Å². The molecule has 0 N–H and O–H groups in total. The number of carbonyl (C=O) groups excluding carboxylic acids is 1. The molecule has 6 nitrogen and oxygen atoms in total. The van der Waals surface area contributed by atoms with E-state index in [9.17, 15) is 4.79 Å². The molecule has 20 heavy (non-hydrogen) atoms. The Bertz CT molecular complexity index is 654. The van der Waals surface area contributed by atoms with E-state index in [1.807, 2.05) is 13.2 Å². The van der Waals surface area contributed by atoms with Gasteiger partial charge >= 0.3 is 5.97 Å². The first-order chi connectivity index (χ1) is 9.22. The van der Waals surface area contributed by atoms with Crippen LogP contribution in [0.4, 0.5) is 0 Å². The second-order valence-corrected chi connectivity index (χ2v) is 4.42. The third-order valence-corrected chi connectivity index (χ3v) is 3.27. The summed E-state index contributed by atoms with van der Waals surface area (Å²) in [6.45, 7) is 2.14. The van der Waals surface area contributed by atoms with Gasteiger partial charge in [0.15, 0.2) is 5.69 Å². The molecule has 1 aliphatic carbocycles. The Hall–Kier alpha value is -1.95. The van der Waals surface area contributed by atoms with Crippen molar-refractivity contribution in [3.8, 4) is 11.4 Å². The number of nitrogens with zero attached hydrogens (tertiary/aromatic N) is 4. The van der Waals surface area contributed by atoms with E-state index < -0.39 is 0 Å². The average Bonchev–Trinajstić information content (AvgIpc) is 2.77. The summed E-state index contributed by atoms with van der Waals surface area (Å²) in [6, 6.07) is 0. The Morgan fingerprint density at radius 3 is 3.00 bits per heavy atom. The van der Waals surface area contributed by atoms with Crippen LogP contribution in [0.15, 0.2) is 12.5 Å². The van der Waals surface area contributed by atoms with E-state index in [0.717, 1.165) is 35.4 Å². The second kappa shape index (κ2) is 5.58. The summed E-state index contributed by atoms with van der Waals surface area (Å²) in [5.41, 5.74) is 4.18. The van der Waals surface area contributed by atoms with E-state index in [-0.39, 0.29) is 18.4 Å². The highest BCUT2D eigenvalue weighted by Gasteiger charge is 2.28. The molecule has 0 radical (unpaired) electrons. The van der Waals surface area contributed by atoms with Crippen molar-refractivity contribution >= 4 is 18.4 Å². The van der Waals surface area contributed by atoms with Crippen LogP contribution in [0.2, 0.25) is 0 Å². The Balaban J connectivity index is 0.00000147. The molecule has 1 aliphatic rings. The zero-order chi connectivity index (χ0) is 13.4. The third kappa shape index (κ3) is 2.16. The highest BCUT2D eigenvalue weighted by atomic mass is 35.5. The van der Waals surface area contributed by atoms with Crippen LogP contribution >= 0.6 is 12.4 Å². The molecule has 2 aromatic heterocycles. The van der Waals surface area contributed by atoms with Gasteiger partial charge in [-0.2, -0.15) is 5.10 Å². The Morgan fingerprint density at radius 2 is 2.25 bits per heavy atom. The van der Waals surface area contributed by atoms with E-state index >= 15 is 0 Å². The molecule has 2 aromatic rings. The smallest absolute Gasteiger partial charge is 0.359 e. The van der Waals surface area contributed by atoms with Gasteiger partial charge in [0, 0.05) is 18.8 Å². The molecule has 0 fully saturated rings. The molecular formula is C13H15ClN4O2. The third-order valence-electron chi connectivity index (χ3n) is 3.27. The van der Waals surface area contributed by atoms with Crippen molar-refractivity contribution in [3.63, 3.8) is 0 Å². The molecule has 3 rings (SSSR count). The van der Waals surface area contributed by atoms with E-state index in [2.05, 4.69) is 15.1 Å². The van der Waals surface area contributed by atoms with E-state index in [4.69, 9.17) is 4.74 Å². The Morgan fingerprint density at radius 1 is 1.45 bits per heavy atom. The first kappa shape index (κ1) is 14.5. The number of hydrogen-bond donors (Lipinski definition) is 0. The van der Waals surface area contributed by atoms with Crippen molar-refractivity contribution in [2.45, 2.75) is 19.8 Å². The lowest BCUT2D eigenvalue weighted by Crippen LogP contribution is -2.11. The van der Waals surface area contributed by atoms with Crippen LogP contribution in [0.5, 0.6) is 0 Å². The minimum absolute atomic E-state index is 0. The fourth-order valence-corrected chi connectivity index (χ4v) is 2.48. The van der Waals surface area contributed by atoms with Gasteiger partial charge in [-0.25, -0.2) is 14.8 Å². The molecule has 0 atom stereocenters. The van der Waals surface area contributed by atoms with Gasteiger partial charge in [-0.05, 0) is 25.3 Å². The predicted octanol–water partition coefficient (Wildman–Crippen LogP) is 1.57. The molecule has 0 spiro atoms. The fraction of sp³-hybridized carbons (Fsp3) is 0.385. The molecule has 0 aromatic carbocycles. The summed E-state index contributed by atoms with van der Waals surface area (Å²) in [6.07, 6.45) is 4.92. The summed E-state index contributed by atoms with van der Waals surface area (Å²) >= 11 is 0. The van der Waals surface area contributed by atoms with Crippen LogP contribution in [0, 0.1) is 0 Å². The van der Waals surface area contributed by atoms with Crippen LogP contribution in [-0.4, -0.2) is 32.3 Å². The van der Waals surface area contributed by atoms with Crippen molar-refractivity contribution in [2.75, 3.05) is 6.61 Å². The Kier molecular flexibility index (Phi) is 4.04. The zero-order valence-electron chi connectivity index (χ0n) is 11.3. The molecule has 2 heterocycles. The first-order valence-corrected chi connectivity index (χ1v) is 6.24. The molecule has 0 amide bonds. The maximum atomic E-state index is 11.9. The monoisotopic (exact) mass is 294 g/mol. The number of aromatic nitrogens is 4. The minimum atomic E-state index is -0.364. The van der Waals surface area contributed by atoms with E-state index in [1.165, 1.54) is 6.33 Å². The normalized spacial score (nSPS) is 12.1.